The molecule has 3 rings (SSSR count). The van der Waals surface area contributed by atoms with Crippen LogP contribution in [0.15, 0.2) is 66.4 Å². The predicted molar refractivity (Wildman–Crippen MR) is 93.5 cm³/mol. The van der Waals surface area contributed by atoms with E-state index >= 15 is 0 Å². The lowest BCUT2D eigenvalue weighted by molar-refractivity contribution is 0.284. The third kappa shape index (κ3) is 3.14. The van der Waals surface area contributed by atoms with Gasteiger partial charge in [-0.25, -0.2) is 0 Å². The van der Waals surface area contributed by atoms with Crippen molar-refractivity contribution < 1.29 is 4.74 Å². The van der Waals surface area contributed by atoms with Gasteiger partial charge in [0.15, 0.2) is 0 Å². The first-order chi connectivity index (χ1) is 10.5. The molecule has 112 valence electrons. The topological polar surface area (TPSA) is 9.23 Å². The average Bonchev–Trinajstić information content (AvgIpc) is 2.96. The normalized spacial score (nSPS) is 16.5. The fourth-order valence-electron chi connectivity index (χ4n) is 2.62. The second-order valence-electron chi connectivity index (χ2n) is 6.68. The number of ether oxygens (including phenoxy) is 1. The Kier molecular flexibility index (Phi) is 3.89. The highest BCUT2D eigenvalue weighted by Crippen LogP contribution is 2.30. The molecule has 1 heterocycles. The molecule has 0 bridgehead atoms. The Morgan fingerprint density at radius 2 is 1.59 bits per heavy atom. The van der Waals surface area contributed by atoms with Crippen LogP contribution in [0.2, 0.25) is 0 Å². The predicted octanol–water partition coefficient (Wildman–Crippen LogP) is 5.44. The van der Waals surface area contributed by atoms with Crippen LogP contribution in [0.4, 0.5) is 0 Å². The summed E-state index contributed by atoms with van der Waals surface area (Å²) in [5, 5.41) is 0. The van der Waals surface area contributed by atoms with Crippen molar-refractivity contribution in [1.82, 2.24) is 0 Å². The first-order valence-electron chi connectivity index (χ1n) is 7.75. The second-order valence-corrected chi connectivity index (χ2v) is 6.68. The maximum absolute atomic E-state index is 5.79. The Morgan fingerprint density at radius 3 is 2.23 bits per heavy atom. The lowest BCUT2D eigenvalue weighted by Gasteiger charge is -2.18. The molecule has 2 aromatic carbocycles. The van der Waals surface area contributed by atoms with Gasteiger partial charge >= 0.3 is 0 Å². The van der Waals surface area contributed by atoms with Crippen molar-refractivity contribution >= 4 is 11.6 Å². The third-order valence-corrected chi connectivity index (χ3v) is 3.95. The standard InChI is InChI=1S/C21H22O/c1-21(2,3)18-11-9-16(10-12-18)15-20-19(13-14-22-20)17-7-5-4-6-8-17/h4-13,15H,14H2,1-3H3. The first kappa shape index (κ1) is 14.6. The fraction of sp³-hybridized carbons (Fsp3) is 0.238. The van der Waals surface area contributed by atoms with Crippen LogP contribution >= 0.6 is 0 Å². The van der Waals surface area contributed by atoms with E-state index in [1.165, 1.54) is 22.3 Å². The van der Waals surface area contributed by atoms with Crippen LogP contribution in [0.25, 0.3) is 11.6 Å². The molecule has 0 fully saturated rings. The van der Waals surface area contributed by atoms with Gasteiger partial charge < -0.3 is 4.74 Å². The second kappa shape index (κ2) is 5.84. The summed E-state index contributed by atoms with van der Waals surface area (Å²) in [5.41, 5.74) is 5.09. The molecule has 22 heavy (non-hydrogen) atoms. The van der Waals surface area contributed by atoms with E-state index in [1.807, 2.05) is 6.07 Å². The van der Waals surface area contributed by atoms with Gasteiger partial charge in [-0.1, -0.05) is 75.4 Å². The molecule has 0 atom stereocenters. The molecule has 1 aliphatic rings. The van der Waals surface area contributed by atoms with Crippen molar-refractivity contribution in [3.05, 3.63) is 83.1 Å². The molecule has 2 aromatic rings. The summed E-state index contributed by atoms with van der Waals surface area (Å²) in [4.78, 5) is 0. The zero-order valence-electron chi connectivity index (χ0n) is 13.5. The summed E-state index contributed by atoms with van der Waals surface area (Å²) < 4.78 is 5.79. The quantitative estimate of drug-likeness (QED) is 0.715. The maximum atomic E-state index is 5.79. The SMILES string of the molecule is CC(C)(C)c1ccc(C=C2OCC=C2c2ccccc2)cc1. The van der Waals surface area contributed by atoms with Crippen LogP contribution in [0.3, 0.4) is 0 Å². The zero-order valence-corrected chi connectivity index (χ0v) is 13.5. The van der Waals surface area contributed by atoms with E-state index in [-0.39, 0.29) is 5.41 Å². The summed E-state index contributed by atoms with van der Waals surface area (Å²) in [6, 6.07) is 19.1. The van der Waals surface area contributed by atoms with Crippen molar-refractivity contribution in [2.45, 2.75) is 26.2 Å². The molecule has 1 aliphatic heterocycles. The van der Waals surface area contributed by atoms with E-state index in [0.29, 0.717) is 6.61 Å². The molecule has 0 spiro atoms. The van der Waals surface area contributed by atoms with E-state index in [2.05, 4.69) is 81.5 Å². The van der Waals surface area contributed by atoms with Gasteiger partial charge in [-0.15, -0.1) is 0 Å². The molecule has 0 N–H and O–H groups in total. The minimum atomic E-state index is 0.185. The van der Waals surface area contributed by atoms with E-state index in [1.54, 1.807) is 0 Å². The average molecular weight is 290 g/mol. The van der Waals surface area contributed by atoms with Crippen LogP contribution in [0, 0.1) is 0 Å². The van der Waals surface area contributed by atoms with Gasteiger partial charge in [0, 0.05) is 5.57 Å². The molecule has 1 nitrogen and oxygen atoms in total. The van der Waals surface area contributed by atoms with Gasteiger partial charge in [0.2, 0.25) is 0 Å². The minimum absolute atomic E-state index is 0.185. The Morgan fingerprint density at radius 1 is 0.909 bits per heavy atom. The monoisotopic (exact) mass is 290 g/mol. The minimum Gasteiger partial charge on any atom is -0.489 e. The lowest BCUT2D eigenvalue weighted by Crippen LogP contribution is -2.10. The van der Waals surface area contributed by atoms with E-state index in [4.69, 9.17) is 4.74 Å². The Labute approximate surface area is 133 Å². The number of benzene rings is 2. The number of allylic oxidation sites excluding steroid dienone is 1. The Bertz CT molecular complexity index is 698. The summed E-state index contributed by atoms with van der Waals surface area (Å²) in [6.45, 7) is 7.35. The smallest absolute Gasteiger partial charge is 0.128 e. The lowest BCUT2D eigenvalue weighted by atomic mass is 9.86. The van der Waals surface area contributed by atoms with Crippen molar-refractivity contribution in [2.24, 2.45) is 0 Å². The highest BCUT2D eigenvalue weighted by atomic mass is 16.5. The number of hydrogen-bond acceptors (Lipinski definition) is 1. The van der Waals surface area contributed by atoms with Gasteiger partial charge in [0.1, 0.15) is 12.4 Å². The summed E-state index contributed by atoms with van der Waals surface area (Å²) in [5.74, 6) is 0.953. The molecule has 0 aliphatic carbocycles. The molecule has 0 saturated heterocycles. The van der Waals surface area contributed by atoms with Gasteiger partial charge in [-0.2, -0.15) is 0 Å². The highest BCUT2D eigenvalue weighted by molar-refractivity contribution is 5.84. The molecule has 0 aromatic heterocycles. The summed E-state index contributed by atoms with van der Waals surface area (Å²) in [6.07, 6.45) is 4.27. The molecular formula is C21H22O. The maximum Gasteiger partial charge on any atom is 0.128 e. The molecule has 0 unspecified atom stereocenters. The van der Waals surface area contributed by atoms with Crippen LogP contribution in [0.5, 0.6) is 0 Å². The van der Waals surface area contributed by atoms with Crippen LogP contribution in [-0.4, -0.2) is 6.61 Å². The summed E-state index contributed by atoms with van der Waals surface area (Å²) in [7, 11) is 0. The van der Waals surface area contributed by atoms with Crippen molar-refractivity contribution in [3.63, 3.8) is 0 Å². The van der Waals surface area contributed by atoms with E-state index in [0.717, 1.165) is 5.76 Å². The van der Waals surface area contributed by atoms with Crippen molar-refractivity contribution in [2.75, 3.05) is 6.61 Å². The van der Waals surface area contributed by atoms with Gasteiger partial charge in [-0.3, -0.25) is 0 Å². The van der Waals surface area contributed by atoms with Crippen LogP contribution in [0.1, 0.15) is 37.5 Å². The van der Waals surface area contributed by atoms with Crippen molar-refractivity contribution in [1.29, 1.82) is 0 Å². The van der Waals surface area contributed by atoms with Gasteiger partial charge in [0.25, 0.3) is 0 Å². The first-order valence-corrected chi connectivity index (χ1v) is 7.75. The van der Waals surface area contributed by atoms with Crippen LogP contribution < -0.4 is 0 Å². The van der Waals surface area contributed by atoms with Gasteiger partial charge in [-0.05, 0) is 34.3 Å². The molecule has 0 saturated carbocycles. The third-order valence-electron chi connectivity index (χ3n) is 3.95. The molecule has 0 amide bonds. The highest BCUT2D eigenvalue weighted by Gasteiger charge is 2.16. The largest absolute Gasteiger partial charge is 0.489 e. The molecular weight excluding hydrogens is 268 g/mol. The number of rotatable bonds is 2. The molecule has 1 heteroatoms. The van der Waals surface area contributed by atoms with Crippen molar-refractivity contribution in [3.8, 4) is 0 Å². The van der Waals surface area contributed by atoms with E-state index < -0.39 is 0 Å². The zero-order chi connectivity index (χ0) is 15.6. The summed E-state index contributed by atoms with van der Waals surface area (Å²) >= 11 is 0. The Balaban J connectivity index is 1.87. The van der Waals surface area contributed by atoms with Crippen LogP contribution in [-0.2, 0) is 10.2 Å². The Hall–Kier alpha value is -2.28. The van der Waals surface area contributed by atoms with Gasteiger partial charge in [0.05, 0.1) is 0 Å². The van der Waals surface area contributed by atoms with E-state index in [9.17, 15) is 0 Å². The number of hydrogen-bond donors (Lipinski definition) is 0. The molecule has 0 radical (unpaired) electrons. The fourth-order valence-corrected chi connectivity index (χ4v) is 2.62.